The minimum absolute atomic E-state index is 0.0417. The van der Waals surface area contributed by atoms with Crippen molar-refractivity contribution >= 4 is 12.8 Å². The highest BCUT2D eigenvalue weighted by atomic mass is 16.5. The van der Waals surface area contributed by atoms with Gasteiger partial charge in [0, 0.05) is 31.4 Å². The Morgan fingerprint density at radius 2 is 1.45 bits per heavy atom. The summed E-state index contributed by atoms with van der Waals surface area (Å²) in [7, 11) is 1.71. The van der Waals surface area contributed by atoms with Crippen molar-refractivity contribution in [2.45, 2.75) is 140 Å². The van der Waals surface area contributed by atoms with Crippen LogP contribution in [0.15, 0.2) is 37.1 Å². The molecule has 1 heterocycles. The third-order valence-corrected chi connectivity index (χ3v) is 4.17. The van der Waals surface area contributed by atoms with Crippen molar-refractivity contribution in [3.05, 3.63) is 37.1 Å². The number of β-amino-alcohol motifs (C(OH)–C–C–N with tert-alkyl or cyclic N) is 1. The first-order valence-electron chi connectivity index (χ1n) is 15.4. The number of aliphatic hydroxyl groups is 1. The number of carbonyl (C=O) groups is 2. The van der Waals surface area contributed by atoms with E-state index in [2.05, 4.69) is 57.4 Å². The molecule has 0 spiro atoms. The molecule has 0 aromatic rings. The molecule has 2 amide bonds. The lowest BCUT2D eigenvalue weighted by molar-refractivity contribution is -0.110. The van der Waals surface area contributed by atoms with Gasteiger partial charge in [-0.25, -0.2) is 0 Å². The normalized spacial score (nSPS) is 15.5. The Hall–Kier alpha value is -2.56. The first-order chi connectivity index (χ1) is 19.8. The van der Waals surface area contributed by atoms with Gasteiger partial charge in [0.15, 0.2) is 0 Å². The summed E-state index contributed by atoms with van der Waals surface area (Å²) in [5.41, 5.74) is 0.899. The van der Waals surface area contributed by atoms with Crippen LogP contribution in [0.1, 0.15) is 116 Å². The molecule has 2 atom stereocenters. The van der Waals surface area contributed by atoms with Crippen molar-refractivity contribution in [3.63, 3.8) is 0 Å². The van der Waals surface area contributed by atoms with E-state index in [9.17, 15) is 14.7 Å². The van der Waals surface area contributed by atoms with Gasteiger partial charge in [0.1, 0.15) is 0 Å². The lowest BCUT2D eigenvalue weighted by atomic mass is 10.2. The maximum absolute atomic E-state index is 10.0. The fraction of sp³-hybridized carbons (Fsp3) is 0.714. The number of allylic oxidation sites excluding steroid dienone is 3. The molecule has 0 unspecified atom stereocenters. The number of amides is 2. The molecule has 1 saturated carbocycles. The van der Waals surface area contributed by atoms with Gasteiger partial charge in [0.05, 0.1) is 18.2 Å². The van der Waals surface area contributed by atoms with Crippen LogP contribution in [0.5, 0.6) is 0 Å². The minimum Gasteiger partial charge on any atom is -0.391 e. The summed E-state index contributed by atoms with van der Waals surface area (Å²) in [4.78, 5) is 21.6. The van der Waals surface area contributed by atoms with E-state index in [0.717, 1.165) is 24.4 Å². The lowest BCUT2D eigenvalue weighted by Gasteiger charge is -2.25. The summed E-state index contributed by atoms with van der Waals surface area (Å²) in [6.07, 6.45) is 17.9. The third kappa shape index (κ3) is 61.5. The van der Waals surface area contributed by atoms with E-state index < -0.39 is 0 Å². The molecular formula is C35H73N3O4. The molecular weight excluding hydrogens is 526 g/mol. The Morgan fingerprint density at radius 3 is 1.62 bits per heavy atom. The van der Waals surface area contributed by atoms with Crippen LogP contribution in [0.4, 0.5) is 0 Å². The van der Waals surface area contributed by atoms with Crippen molar-refractivity contribution < 1.29 is 19.4 Å². The number of aliphatic hydroxyl groups excluding tert-OH is 1. The molecule has 1 aliphatic heterocycles. The van der Waals surface area contributed by atoms with Gasteiger partial charge in [-0.15, -0.1) is 12.8 Å². The summed E-state index contributed by atoms with van der Waals surface area (Å²) < 4.78 is 4.94. The molecule has 0 radical (unpaired) electrons. The largest absolute Gasteiger partial charge is 0.391 e. The molecule has 2 aliphatic rings. The number of likely N-dealkylation sites (tertiary alicyclic amines) is 1. The van der Waals surface area contributed by atoms with Gasteiger partial charge in [0.2, 0.25) is 12.8 Å². The summed E-state index contributed by atoms with van der Waals surface area (Å²) in [5.74, 6) is 0.833. The number of nitrogens with one attached hydrogen (secondary N) is 2. The van der Waals surface area contributed by atoms with Gasteiger partial charge < -0.3 is 25.4 Å². The van der Waals surface area contributed by atoms with E-state index in [1.807, 2.05) is 93.2 Å². The molecule has 2 fully saturated rings. The predicted octanol–water partition coefficient (Wildman–Crippen LogP) is 7.77. The predicted molar refractivity (Wildman–Crippen MR) is 188 cm³/mol. The van der Waals surface area contributed by atoms with Crippen LogP contribution < -0.4 is 10.6 Å². The molecule has 0 aromatic heterocycles. The summed E-state index contributed by atoms with van der Waals surface area (Å²) in [6, 6.07) is 0.846. The SMILES string of the molecule is C#C.C=C(CNC=O)N1C[C@@H](O)C[C@H]1C.C=C/C=C\C.CC.CC.CC.CC(C)C.COC(C)(C)C.O=CNC1CC1. The van der Waals surface area contributed by atoms with Crippen molar-refractivity contribution in [1.82, 2.24) is 15.5 Å². The average molecular weight is 600 g/mol. The Bertz CT molecular complexity index is 590. The molecule has 2 rings (SSSR count). The number of rotatable bonds is 7. The molecule has 0 aromatic carbocycles. The molecule has 0 bridgehead atoms. The van der Waals surface area contributed by atoms with Crippen LogP contribution in [0.2, 0.25) is 0 Å². The standard InChI is InChI=1S/C9H16N2O2.C5H12O.C5H8.C4H7NO.C4H10.3C2H6.C2H2/c1-7-3-9(13)5-11(7)8(2)4-10-6-12;1-5(2,3)6-4;1-3-5-4-2;6-3-5-4-1-2-4;1-4(2)3;4*1-2/h6-7,9,13H,2-5H2,1H3,(H,10,12);1-4H3;3-5H,1H2,2H3;3-4H,1-2H2,(H,5,6);4H,1-3H3;3*1-2H3;1-2H/b;;5-4-;;;;;;/t7-,9+;;;;;;;;/m1......../s1. The van der Waals surface area contributed by atoms with Gasteiger partial charge in [0.25, 0.3) is 0 Å². The Balaban J connectivity index is -0.0000000729. The number of hydrogen-bond acceptors (Lipinski definition) is 5. The third-order valence-electron chi connectivity index (χ3n) is 4.17. The van der Waals surface area contributed by atoms with Crippen LogP contribution in [-0.2, 0) is 14.3 Å². The van der Waals surface area contributed by atoms with Crippen molar-refractivity contribution in [1.29, 1.82) is 0 Å². The molecule has 1 saturated heterocycles. The van der Waals surface area contributed by atoms with Crippen LogP contribution in [0, 0.1) is 18.8 Å². The zero-order valence-corrected chi connectivity index (χ0v) is 30.4. The van der Waals surface area contributed by atoms with Crippen molar-refractivity contribution in [2.75, 3.05) is 20.2 Å². The van der Waals surface area contributed by atoms with E-state index in [-0.39, 0.29) is 11.7 Å². The zero-order chi connectivity index (χ0) is 35.2. The molecule has 42 heavy (non-hydrogen) atoms. The number of carbonyl (C=O) groups excluding carboxylic acids is 2. The number of ether oxygens (including phenoxy) is 1. The summed E-state index contributed by atoms with van der Waals surface area (Å²) >= 11 is 0. The Kier molecular flexibility index (Phi) is 59.9. The quantitative estimate of drug-likeness (QED) is 0.158. The first-order valence-corrected chi connectivity index (χ1v) is 15.4. The Labute approximate surface area is 263 Å². The van der Waals surface area contributed by atoms with Crippen LogP contribution in [0.3, 0.4) is 0 Å². The van der Waals surface area contributed by atoms with Gasteiger partial charge in [-0.05, 0) is 59.8 Å². The zero-order valence-electron chi connectivity index (χ0n) is 30.4. The minimum atomic E-state index is -0.261. The molecule has 7 heteroatoms. The monoisotopic (exact) mass is 600 g/mol. The van der Waals surface area contributed by atoms with E-state index in [1.165, 1.54) is 12.8 Å². The highest BCUT2D eigenvalue weighted by Crippen LogP contribution is 2.20. The summed E-state index contributed by atoms with van der Waals surface area (Å²) in [6.45, 7) is 37.0. The van der Waals surface area contributed by atoms with Crippen molar-refractivity contribution in [3.8, 4) is 12.8 Å². The maximum Gasteiger partial charge on any atom is 0.207 e. The molecule has 252 valence electrons. The number of hydrogen-bond donors (Lipinski definition) is 3. The number of nitrogens with zero attached hydrogens (tertiary/aromatic N) is 1. The maximum atomic E-state index is 10.0. The van der Waals surface area contributed by atoms with Crippen molar-refractivity contribution in [2.24, 2.45) is 5.92 Å². The summed E-state index contributed by atoms with van der Waals surface area (Å²) in [5, 5.41) is 14.6. The number of terminal acetylenes is 1. The topological polar surface area (TPSA) is 90.9 Å². The smallest absolute Gasteiger partial charge is 0.207 e. The van der Waals surface area contributed by atoms with Gasteiger partial charge in [-0.3, -0.25) is 9.59 Å². The van der Waals surface area contributed by atoms with E-state index in [1.54, 1.807) is 13.2 Å². The average Bonchev–Trinajstić information content (AvgIpc) is 3.73. The molecule has 7 nitrogen and oxygen atoms in total. The van der Waals surface area contributed by atoms with Crippen LogP contribution >= 0.6 is 0 Å². The van der Waals surface area contributed by atoms with Crippen LogP contribution in [0.25, 0.3) is 0 Å². The number of methoxy groups -OCH3 is 1. The highest BCUT2D eigenvalue weighted by Gasteiger charge is 2.27. The fourth-order valence-corrected chi connectivity index (χ4v) is 2.19. The van der Waals surface area contributed by atoms with E-state index in [4.69, 9.17) is 4.74 Å². The second kappa shape index (κ2) is 45.4. The molecule has 3 N–H and O–H groups in total. The van der Waals surface area contributed by atoms with E-state index in [0.29, 0.717) is 31.6 Å². The second-order valence-electron chi connectivity index (χ2n) is 9.82. The van der Waals surface area contributed by atoms with Gasteiger partial charge in [-0.1, -0.05) is 93.7 Å². The highest BCUT2D eigenvalue weighted by molar-refractivity contribution is 5.47. The Morgan fingerprint density at radius 1 is 1.05 bits per heavy atom. The molecule has 1 aliphatic carbocycles. The van der Waals surface area contributed by atoms with Crippen LogP contribution in [-0.4, -0.2) is 66.8 Å². The first kappa shape index (κ1) is 55.4. The van der Waals surface area contributed by atoms with E-state index >= 15 is 0 Å². The fourth-order valence-electron chi connectivity index (χ4n) is 2.19. The van der Waals surface area contributed by atoms with Gasteiger partial charge >= 0.3 is 0 Å². The second-order valence-corrected chi connectivity index (χ2v) is 9.82. The van der Waals surface area contributed by atoms with Gasteiger partial charge in [-0.2, -0.15) is 0 Å². The lowest BCUT2D eigenvalue weighted by Crippen LogP contribution is -2.31.